The van der Waals surface area contributed by atoms with Gasteiger partial charge in [0.15, 0.2) is 17.1 Å². The summed E-state index contributed by atoms with van der Waals surface area (Å²) in [4.78, 5) is 28.5. The predicted octanol–water partition coefficient (Wildman–Crippen LogP) is 5.49. The van der Waals surface area contributed by atoms with Crippen LogP contribution in [0.3, 0.4) is 0 Å². The van der Waals surface area contributed by atoms with Gasteiger partial charge in [0, 0.05) is 48.1 Å². The summed E-state index contributed by atoms with van der Waals surface area (Å²) in [6.07, 6.45) is 10.4. The van der Waals surface area contributed by atoms with Crippen molar-refractivity contribution in [3.8, 4) is 5.75 Å². The zero-order valence-corrected chi connectivity index (χ0v) is 23.6. The van der Waals surface area contributed by atoms with E-state index >= 15 is 0 Å². The topological polar surface area (TPSA) is 116 Å². The van der Waals surface area contributed by atoms with Crippen molar-refractivity contribution in [2.45, 2.75) is 76.4 Å². The minimum atomic E-state index is -0.975. The average Bonchev–Trinajstić information content (AvgIpc) is 3.83. The Kier molecular flexibility index (Phi) is 6.13. The van der Waals surface area contributed by atoms with Crippen molar-refractivity contribution in [1.82, 2.24) is 4.90 Å². The normalized spacial score (nSPS) is 29.6. The number of aliphatic hydroxyl groups is 1. The van der Waals surface area contributed by atoms with Crippen LogP contribution in [0.4, 0.5) is 0 Å². The Labute approximate surface area is 239 Å². The van der Waals surface area contributed by atoms with Gasteiger partial charge in [0.05, 0.1) is 11.1 Å². The number of halogens is 1. The number of carbonyl (C=O) groups is 2. The van der Waals surface area contributed by atoms with E-state index in [2.05, 4.69) is 11.5 Å². The number of rotatable bonds is 7. The van der Waals surface area contributed by atoms with Crippen molar-refractivity contribution in [2.24, 2.45) is 29.4 Å². The van der Waals surface area contributed by atoms with Crippen LogP contribution in [0.15, 0.2) is 40.9 Å². The monoisotopic (exact) mass is 564 g/mol. The number of phenolic OH excluding ortho intramolecular Hbond substituents is 1. The molecule has 5 aliphatic carbocycles. The number of hydrogen-bond acceptors (Lipinski definition) is 6. The van der Waals surface area contributed by atoms with E-state index in [1.807, 2.05) is 0 Å². The number of carbonyl (C=O) groups excluding carboxylic acids is 2. The number of fused-ring (bicyclic) bond motifs is 2. The SMILES string of the molecule is C=C1C(C(N)=O)=C(O)C[C@@H]2CC3Cc4c(Cl)c(CN(CC5CCCCC5)CC5CC5)cc(O)c4C(=O)C3=C3O[C@]132. The lowest BCUT2D eigenvalue weighted by Crippen LogP contribution is -2.41. The highest BCUT2D eigenvalue weighted by molar-refractivity contribution is 6.33. The number of primary amides is 1. The molecule has 212 valence electrons. The van der Waals surface area contributed by atoms with Gasteiger partial charge < -0.3 is 20.7 Å². The van der Waals surface area contributed by atoms with Crippen LogP contribution in [0.25, 0.3) is 0 Å². The van der Waals surface area contributed by atoms with Crippen LogP contribution >= 0.6 is 11.6 Å². The molecule has 0 aromatic heterocycles. The Morgan fingerprint density at radius 3 is 2.50 bits per heavy atom. The van der Waals surface area contributed by atoms with Crippen molar-refractivity contribution in [3.05, 3.63) is 62.6 Å². The fourth-order valence-electron chi connectivity index (χ4n) is 8.15. The Bertz CT molecular complexity index is 1400. The molecule has 8 heteroatoms. The summed E-state index contributed by atoms with van der Waals surface area (Å²) < 4.78 is 6.11. The molecule has 3 fully saturated rings. The number of hydrogen-bond donors (Lipinski definition) is 3. The number of ether oxygens (including phenoxy) is 1. The molecule has 1 aromatic carbocycles. The van der Waals surface area contributed by atoms with Crippen molar-refractivity contribution in [1.29, 1.82) is 0 Å². The quantitative estimate of drug-likeness (QED) is 0.377. The van der Waals surface area contributed by atoms with Gasteiger partial charge in [-0.3, -0.25) is 14.5 Å². The van der Waals surface area contributed by atoms with Crippen molar-refractivity contribution < 1.29 is 24.5 Å². The number of phenols is 1. The fourth-order valence-corrected chi connectivity index (χ4v) is 8.43. The molecule has 1 aliphatic heterocycles. The molecule has 7 rings (SSSR count). The molecule has 6 aliphatic rings. The number of nitrogens with two attached hydrogens (primary N) is 1. The molecule has 40 heavy (non-hydrogen) atoms. The first kappa shape index (κ1) is 26.1. The van der Waals surface area contributed by atoms with E-state index in [0.29, 0.717) is 52.8 Å². The largest absolute Gasteiger partial charge is 0.511 e. The molecule has 1 spiro atoms. The third-order valence-corrected chi connectivity index (χ3v) is 10.7. The molecule has 1 amide bonds. The maximum atomic E-state index is 13.9. The zero-order valence-electron chi connectivity index (χ0n) is 22.8. The van der Waals surface area contributed by atoms with Gasteiger partial charge in [0.1, 0.15) is 11.5 Å². The van der Waals surface area contributed by atoms with Gasteiger partial charge in [-0.25, -0.2) is 0 Å². The Balaban J connectivity index is 1.20. The maximum absolute atomic E-state index is 13.9. The summed E-state index contributed by atoms with van der Waals surface area (Å²) in [7, 11) is 0. The second kappa shape index (κ2) is 9.38. The van der Waals surface area contributed by atoms with Gasteiger partial charge in [-0.05, 0) is 73.5 Å². The minimum Gasteiger partial charge on any atom is -0.511 e. The van der Waals surface area contributed by atoms with Crippen molar-refractivity contribution >= 4 is 23.3 Å². The molecule has 1 saturated heterocycles. The number of ketones is 1. The van der Waals surface area contributed by atoms with Crippen molar-refractivity contribution in [2.75, 3.05) is 13.1 Å². The predicted molar refractivity (Wildman–Crippen MR) is 151 cm³/mol. The van der Waals surface area contributed by atoms with Crippen LogP contribution < -0.4 is 5.73 Å². The van der Waals surface area contributed by atoms with E-state index in [4.69, 9.17) is 22.1 Å². The number of amides is 1. The van der Waals surface area contributed by atoms with Crippen LogP contribution in [-0.2, 0) is 22.5 Å². The molecule has 2 saturated carbocycles. The van der Waals surface area contributed by atoms with E-state index in [9.17, 15) is 19.8 Å². The van der Waals surface area contributed by atoms with E-state index in [1.54, 1.807) is 6.07 Å². The Morgan fingerprint density at radius 2 is 1.82 bits per heavy atom. The third kappa shape index (κ3) is 4.03. The minimum absolute atomic E-state index is 0.00605. The Hall–Kier alpha value is -2.77. The first-order chi connectivity index (χ1) is 19.2. The van der Waals surface area contributed by atoms with E-state index in [0.717, 1.165) is 24.6 Å². The molecule has 1 heterocycles. The van der Waals surface area contributed by atoms with Crippen LogP contribution in [0, 0.1) is 23.7 Å². The number of allylic oxidation sites excluding steroid dienone is 2. The zero-order chi connectivity index (χ0) is 27.9. The molecule has 0 radical (unpaired) electrons. The van der Waals surface area contributed by atoms with E-state index in [-0.39, 0.29) is 46.7 Å². The lowest BCUT2D eigenvalue weighted by Gasteiger charge is -2.38. The molecule has 3 atom stereocenters. The highest BCUT2D eigenvalue weighted by atomic mass is 35.5. The van der Waals surface area contributed by atoms with Gasteiger partial charge in [-0.2, -0.15) is 0 Å². The first-order valence-corrected chi connectivity index (χ1v) is 15.2. The van der Waals surface area contributed by atoms with Crippen LogP contribution in [0.5, 0.6) is 5.75 Å². The lowest BCUT2D eigenvalue weighted by molar-refractivity contribution is -0.114. The number of benzene rings is 1. The smallest absolute Gasteiger partial charge is 0.252 e. The second-order valence-electron chi connectivity index (χ2n) is 13.0. The number of Topliss-reactive ketones (excluding diaryl/α,β-unsaturated/α-hetero) is 1. The van der Waals surface area contributed by atoms with Crippen LogP contribution in [0.2, 0.25) is 5.02 Å². The summed E-state index contributed by atoms with van der Waals surface area (Å²) in [5, 5.41) is 22.4. The fraction of sp³-hybridized carbons (Fsp3) is 0.562. The molecular formula is C32H37ClN2O5. The summed E-state index contributed by atoms with van der Waals surface area (Å²) in [5.74, 6) is 0.523. The molecule has 7 nitrogen and oxygen atoms in total. The highest BCUT2D eigenvalue weighted by Crippen LogP contribution is 2.66. The number of aromatic hydroxyl groups is 1. The van der Waals surface area contributed by atoms with Gasteiger partial charge in [-0.1, -0.05) is 37.4 Å². The first-order valence-electron chi connectivity index (χ1n) is 14.8. The summed E-state index contributed by atoms with van der Waals surface area (Å²) in [5.41, 5.74) is 7.24. The average molecular weight is 565 g/mol. The van der Waals surface area contributed by atoms with Gasteiger partial charge in [0.2, 0.25) is 0 Å². The lowest BCUT2D eigenvalue weighted by atomic mass is 9.62. The standard InChI is InChI=1S/C32H37ClN2O5/c1-16-25(31(34)39)24(37)12-21-9-19-10-22-27(29(38)26(19)30-32(16,21)40-30)23(36)11-20(28(22)33)15-35(14-18-7-8-18)13-17-5-3-2-4-6-17/h11,17-19,21,36-37H,1-10,12-15H2,(H2,34,39)/t19?,21-,32-/m0/s1. The molecule has 4 N–H and O–H groups in total. The Morgan fingerprint density at radius 1 is 1.12 bits per heavy atom. The third-order valence-electron chi connectivity index (χ3n) is 10.3. The summed E-state index contributed by atoms with van der Waals surface area (Å²) >= 11 is 7.07. The molecule has 1 aromatic rings. The van der Waals surface area contributed by atoms with E-state index < -0.39 is 11.5 Å². The number of epoxide rings is 1. The number of nitrogens with zero attached hydrogens (tertiary/aromatic N) is 1. The summed E-state index contributed by atoms with van der Waals surface area (Å²) in [6, 6.07) is 1.69. The molecular weight excluding hydrogens is 528 g/mol. The van der Waals surface area contributed by atoms with Crippen molar-refractivity contribution in [3.63, 3.8) is 0 Å². The summed E-state index contributed by atoms with van der Waals surface area (Å²) in [6.45, 7) is 6.82. The second-order valence-corrected chi connectivity index (χ2v) is 13.4. The van der Waals surface area contributed by atoms with Gasteiger partial charge >= 0.3 is 0 Å². The van der Waals surface area contributed by atoms with Gasteiger partial charge in [0.25, 0.3) is 5.91 Å². The number of aliphatic hydroxyl groups excluding tert-OH is 1. The van der Waals surface area contributed by atoms with E-state index in [1.165, 1.54) is 44.9 Å². The molecule has 1 unspecified atom stereocenters. The van der Waals surface area contributed by atoms with Crippen LogP contribution in [-0.4, -0.2) is 45.5 Å². The highest BCUT2D eigenvalue weighted by Gasteiger charge is 2.69. The molecule has 0 bridgehead atoms. The maximum Gasteiger partial charge on any atom is 0.252 e. The van der Waals surface area contributed by atoms with Gasteiger partial charge in [-0.15, -0.1) is 0 Å². The van der Waals surface area contributed by atoms with Crippen LogP contribution in [0.1, 0.15) is 79.3 Å².